The van der Waals surface area contributed by atoms with Gasteiger partial charge in [-0.2, -0.15) is 0 Å². The molecule has 1 saturated heterocycles. The van der Waals surface area contributed by atoms with Gasteiger partial charge in [-0.1, -0.05) is 41.1 Å². The molecule has 142 valence electrons. The van der Waals surface area contributed by atoms with Gasteiger partial charge >= 0.3 is 0 Å². The molecule has 1 aliphatic heterocycles. The third-order valence-corrected chi connectivity index (χ3v) is 5.32. The zero-order valence-electron chi connectivity index (χ0n) is 15.5. The van der Waals surface area contributed by atoms with Gasteiger partial charge in [-0.25, -0.2) is 0 Å². The topological polar surface area (TPSA) is 52.7 Å². The Bertz CT molecular complexity index is 799. The Balaban J connectivity index is 1.49. The smallest absolute Gasteiger partial charge is 0.253 e. The van der Waals surface area contributed by atoms with Gasteiger partial charge in [0, 0.05) is 41.9 Å². The molecule has 1 N–H and O–H groups in total. The molecule has 0 saturated carbocycles. The van der Waals surface area contributed by atoms with Crippen molar-refractivity contribution in [3.05, 3.63) is 64.1 Å². The van der Waals surface area contributed by atoms with Gasteiger partial charge in [0.25, 0.3) is 5.91 Å². The number of anilines is 1. The van der Waals surface area contributed by atoms with Crippen molar-refractivity contribution in [2.24, 2.45) is 0 Å². The minimum Gasteiger partial charge on any atom is -0.336 e. The molecule has 1 heterocycles. The number of nitrogens with zero attached hydrogens (tertiary/aromatic N) is 2. The highest BCUT2D eigenvalue weighted by Crippen LogP contribution is 2.16. The Hall–Kier alpha value is -2.18. The number of aryl methyl sites for hydroxylation is 1. The summed E-state index contributed by atoms with van der Waals surface area (Å²) < 4.78 is 0.958. The summed E-state index contributed by atoms with van der Waals surface area (Å²) in [5, 5.41) is 3.01. The van der Waals surface area contributed by atoms with E-state index in [9.17, 15) is 9.59 Å². The van der Waals surface area contributed by atoms with E-state index in [0.29, 0.717) is 38.3 Å². The van der Waals surface area contributed by atoms with Crippen LogP contribution in [0.2, 0.25) is 0 Å². The standard InChI is InChI=1S/C21H24BrN3O2/c1-2-16-5-3-4-6-19(16)23-20(26)15-24-11-13-25(14-12-24)21(27)17-7-9-18(22)10-8-17/h3-10H,2,11-15H2,1H3,(H,23,26). The second-order valence-corrected chi connectivity index (χ2v) is 7.55. The summed E-state index contributed by atoms with van der Waals surface area (Å²) in [6.07, 6.45) is 0.882. The van der Waals surface area contributed by atoms with Crippen molar-refractivity contribution < 1.29 is 9.59 Å². The summed E-state index contributed by atoms with van der Waals surface area (Å²) in [4.78, 5) is 28.9. The molecule has 0 aliphatic carbocycles. The van der Waals surface area contributed by atoms with Crippen LogP contribution in [-0.4, -0.2) is 54.3 Å². The number of carbonyl (C=O) groups is 2. The normalized spacial score (nSPS) is 14.8. The molecule has 0 atom stereocenters. The van der Waals surface area contributed by atoms with E-state index in [-0.39, 0.29) is 11.8 Å². The van der Waals surface area contributed by atoms with E-state index in [1.54, 1.807) is 0 Å². The first-order valence-electron chi connectivity index (χ1n) is 9.21. The van der Waals surface area contributed by atoms with Crippen LogP contribution in [0.1, 0.15) is 22.8 Å². The maximum atomic E-state index is 12.6. The van der Waals surface area contributed by atoms with Crippen molar-refractivity contribution in [2.75, 3.05) is 38.0 Å². The Labute approximate surface area is 168 Å². The first-order chi connectivity index (χ1) is 13.1. The Morgan fingerprint density at radius 2 is 1.67 bits per heavy atom. The molecule has 1 fully saturated rings. The van der Waals surface area contributed by atoms with Gasteiger partial charge < -0.3 is 10.2 Å². The number of carbonyl (C=O) groups excluding carboxylic acids is 2. The molecule has 0 unspecified atom stereocenters. The highest BCUT2D eigenvalue weighted by molar-refractivity contribution is 9.10. The summed E-state index contributed by atoms with van der Waals surface area (Å²) in [7, 11) is 0. The van der Waals surface area contributed by atoms with E-state index in [0.717, 1.165) is 22.1 Å². The fourth-order valence-electron chi connectivity index (χ4n) is 3.23. The lowest BCUT2D eigenvalue weighted by Crippen LogP contribution is -2.50. The summed E-state index contributed by atoms with van der Waals surface area (Å²) in [5.41, 5.74) is 2.71. The average Bonchev–Trinajstić information content (AvgIpc) is 2.69. The van der Waals surface area contributed by atoms with Crippen molar-refractivity contribution >= 4 is 33.4 Å². The molecule has 0 radical (unpaired) electrons. The molecule has 2 aromatic rings. The molecule has 0 aromatic heterocycles. The van der Waals surface area contributed by atoms with Crippen molar-refractivity contribution in [1.82, 2.24) is 9.80 Å². The largest absolute Gasteiger partial charge is 0.336 e. The van der Waals surface area contributed by atoms with Crippen LogP contribution in [0.4, 0.5) is 5.69 Å². The Morgan fingerprint density at radius 3 is 2.33 bits per heavy atom. The van der Waals surface area contributed by atoms with Crippen LogP contribution < -0.4 is 5.32 Å². The summed E-state index contributed by atoms with van der Waals surface area (Å²) in [5.74, 6) is 0.0343. The van der Waals surface area contributed by atoms with Crippen LogP contribution in [0.15, 0.2) is 53.0 Å². The van der Waals surface area contributed by atoms with Crippen molar-refractivity contribution in [1.29, 1.82) is 0 Å². The molecule has 3 rings (SSSR count). The van der Waals surface area contributed by atoms with Crippen LogP contribution in [0.25, 0.3) is 0 Å². The molecule has 5 nitrogen and oxygen atoms in total. The molecule has 27 heavy (non-hydrogen) atoms. The number of piperazine rings is 1. The number of halogens is 1. The lowest BCUT2D eigenvalue weighted by atomic mass is 10.1. The number of hydrogen-bond acceptors (Lipinski definition) is 3. The molecule has 0 bridgehead atoms. The number of amides is 2. The molecule has 2 aromatic carbocycles. The predicted molar refractivity (Wildman–Crippen MR) is 111 cm³/mol. The van der Waals surface area contributed by atoms with Gasteiger partial charge in [-0.15, -0.1) is 0 Å². The lowest BCUT2D eigenvalue weighted by Gasteiger charge is -2.34. The number of hydrogen-bond donors (Lipinski definition) is 1. The van der Waals surface area contributed by atoms with Gasteiger partial charge in [-0.3, -0.25) is 14.5 Å². The minimum absolute atomic E-state index is 0.0106. The Morgan fingerprint density at radius 1 is 1.00 bits per heavy atom. The monoisotopic (exact) mass is 429 g/mol. The minimum atomic E-state index is -0.0106. The van der Waals surface area contributed by atoms with Crippen molar-refractivity contribution in [2.45, 2.75) is 13.3 Å². The Kier molecular flexibility index (Phi) is 6.63. The number of para-hydroxylation sites is 1. The second-order valence-electron chi connectivity index (χ2n) is 6.63. The second kappa shape index (κ2) is 9.15. The number of benzene rings is 2. The average molecular weight is 430 g/mol. The van der Waals surface area contributed by atoms with Crippen LogP contribution in [0, 0.1) is 0 Å². The zero-order chi connectivity index (χ0) is 19.2. The van der Waals surface area contributed by atoms with Gasteiger partial charge in [0.15, 0.2) is 0 Å². The van der Waals surface area contributed by atoms with Gasteiger partial charge in [0.1, 0.15) is 0 Å². The van der Waals surface area contributed by atoms with Crippen LogP contribution in [0.3, 0.4) is 0 Å². The fourth-order valence-corrected chi connectivity index (χ4v) is 3.49. The maximum absolute atomic E-state index is 12.6. The van der Waals surface area contributed by atoms with E-state index in [1.807, 2.05) is 53.4 Å². The van der Waals surface area contributed by atoms with Gasteiger partial charge in [0.2, 0.25) is 5.91 Å². The number of nitrogens with one attached hydrogen (secondary N) is 1. The van der Waals surface area contributed by atoms with Crippen molar-refractivity contribution in [3.8, 4) is 0 Å². The first-order valence-corrected chi connectivity index (χ1v) is 10.0. The lowest BCUT2D eigenvalue weighted by molar-refractivity contribution is -0.117. The number of rotatable bonds is 5. The summed E-state index contributed by atoms with van der Waals surface area (Å²) in [6, 6.07) is 15.3. The van der Waals surface area contributed by atoms with E-state index in [1.165, 1.54) is 0 Å². The van der Waals surface area contributed by atoms with Crippen molar-refractivity contribution in [3.63, 3.8) is 0 Å². The molecule has 6 heteroatoms. The first kappa shape index (κ1) is 19.6. The van der Waals surface area contributed by atoms with E-state index in [2.05, 4.69) is 33.1 Å². The highest BCUT2D eigenvalue weighted by Gasteiger charge is 2.23. The highest BCUT2D eigenvalue weighted by atomic mass is 79.9. The molecule has 2 amide bonds. The third kappa shape index (κ3) is 5.17. The summed E-state index contributed by atoms with van der Waals surface area (Å²) in [6.45, 7) is 5.09. The van der Waals surface area contributed by atoms with E-state index >= 15 is 0 Å². The molecular formula is C21H24BrN3O2. The quantitative estimate of drug-likeness (QED) is 0.791. The maximum Gasteiger partial charge on any atom is 0.253 e. The fraction of sp³-hybridized carbons (Fsp3) is 0.333. The van der Waals surface area contributed by atoms with Crippen LogP contribution in [-0.2, 0) is 11.2 Å². The predicted octanol–water partition coefficient (Wildman–Crippen LogP) is 3.41. The van der Waals surface area contributed by atoms with Gasteiger partial charge in [0.05, 0.1) is 6.54 Å². The van der Waals surface area contributed by atoms with E-state index < -0.39 is 0 Å². The van der Waals surface area contributed by atoms with E-state index in [4.69, 9.17) is 0 Å². The molecule has 1 aliphatic rings. The SMILES string of the molecule is CCc1ccccc1NC(=O)CN1CCN(C(=O)c2ccc(Br)cc2)CC1. The summed E-state index contributed by atoms with van der Waals surface area (Å²) >= 11 is 3.38. The van der Waals surface area contributed by atoms with Gasteiger partial charge in [-0.05, 0) is 42.3 Å². The van der Waals surface area contributed by atoms with Crippen LogP contribution in [0.5, 0.6) is 0 Å². The third-order valence-electron chi connectivity index (χ3n) is 4.79. The van der Waals surface area contributed by atoms with Crippen LogP contribution >= 0.6 is 15.9 Å². The molecular weight excluding hydrogens is 406 g/mol. The zero-order valence-corrected chi connectivity index (χ0v) is 17.0. The molecule has 0 spiro atoms.